The Kier molecular flexibility index (Phi) is 11.3. The van der Waals surface area contributed by atoms with Crippen molar-refractivity contribution in [1.29, 1.82) is 0 Å². The highest BCUT2D eigenvalue weighted by Crippen LogP contribution is 2.42. The number of benzene rings is 8. The van der Waals surface area contributed by atoms with Crippen LogP contribution in [0.3, 0.4) is 0 Å². The summed E-state index contributed by atoms with van der Waals surface area (Å²) in [5.74, 6) is 2.85. The average Bonchev–Trinajstić information content (AvgIpc) is 3.34. The maximum atomic E-state index is 5.31. The van der Waals surface area contributed by atoms with E-state index in [0.717, 1.165) is 38.7 Å². The number of nitrogens with zero attached hydrogens (tertiary/aromatic N) is 7. The molecule has 0 unspecified atom stereocenters. The van der Waals surface area contributed by atoms with Gasteiger partial charge in [0.1, 0.15) is 0 Å². The number of hydrogen-bond acceptors (Lipinski definition) is 7. The van der Waals surface area contributed by atoms with Crippen molar-refractivity contribution in [2.75, 3.05) is 4.90 Å². The number of hydrogen-bond donors (Lipinski definition) is 0. The Hall–Kier alpha value is -8.16. The molecule has 0 atom stereocenters. The second kappa shape index (κ2) is 17.8. The van der Waals surface area contributed by atoms with Gasteiger partial charge < -0.3 is 0 Å². The highest BCUT2D eigenvalue weighted by molar-refractivity contribution is 5.87. The summed E-state index contributed by atoms with van der Waals surface area (Å²) in [6.07, 6.45) is 0. The van der Waals surface area contributed by atoms with Crippen LogP contribution in [0.15, 0.2) is 182 Å². The molecule has 0 saturated carbocycles. The maximum Gasteiger partial charge on any atom is 0.241 e. The molecule has 0 aliphatic rings. The number of aryl methyl sites for hydroxylation is 6. The van der Waals surface area contributed by atoms with Gasteiger partial charge >= 0.3 is 0 Å². The van der Waals surface area contributed by atoms with E-state index in [4.69, 9.17) is 29.9 Å². The predicted octanol–water partition coefficient (Wildman–Crippen LogP) is 14.4. The van der Waals surface area contributed by atoms with E-state index >= 15 is 0 Å². The van der Waals surface area contributed by atoms with E-state index in [-0.39, 0.29) is 5.92 Å². The molecule has 0 aliphatic carbocycles. The molecular weight excluding hydrogens is 807 g/mol. The summed E-state index contributed by atoms with van der Waals surface area (Å²) in [5.41, 5.74) is 15.7. The highest BCUT2D eigenvalue weighted by Gasteiger charge is 2.28. The fourth-order valence-corrected chi connectivity index (χ4v) is 9.44. The summed E-state index contributed by atoms with van der Waals surface area (Å²) >= 11 is 0. The Labute approximate surface area is 386 Å². The smallest absolute Gasteiger partial charge is 0.241 e. The minimum Gasteiger partial charge on any atom is -0.246 e. The molecule has 0 fully saturated rings. The third-order valence-corrected chi connectivity index (χ3v) is 12.3. The van der Waals surface area contributed by atoms with Gasteiger partial charge in [0.05, 0.1) is 5.69 Å². The zero-order valence-electron chi connectivity index (χ0n) is 38.0. The summed E-state index contributed by atoms with van der Waals surface area (Å²) in [6, 6.07) is 62.7. The largest absolute Gasteiger partial charge is 0.246 e. The van der Waals surface area contributed by atoms with Crippen molar-refractivity contribution < 1.29 is 0 Å². The van der Waals surface area contributed by atoms with Crippen LogP contribution in [0.1, 0.15) is 56.0 Å². The summed E-state index contributed by atoms with van der Waals surface area (Å²) in [6.45, 7) is 13.3. The van der Waals surface area contributed by atoms with Gasteiger partial charge in [-0.05, 0) is 109 Å². The number of fused-ring (bicyclic) bond motifs is 1. The van der Waals surface area contributed by atoms with Crippen LogP contribution >= 0.6 is 0 Å². The second-order valence-electron chi connectivity index (χ2n) is 17.2. The van der Waals surface area contributed by atoms with Gasteiger partial charge in [0.2, 0.25) is 11.9 Å². The lowest BCUT2D eigenvalue weighted by Crippen LogP contribution is -2.19. The van der Waals surface area contributed by atoms with E-state index in [1.165, 1.54) is 50.1 Å². The Morgan fingerprint density at radius 2 is 0.712 bits per heavy atom. The van der Waals surface area contributed by atoms with Crippen LogP contribution in [0.2, 0.25) is 0 Å². The maximum absolute atomic E-state index is 5.31. The lowest BCUT2D eigenvalue weighted by atomic mass is 9.77. The molecule has 10 rings (SSSR count). The van der Waals surface area contributed by atoms with Gasteiger partial charge in [0, 0.05) is 28.2 Å². The van der Waals surface area contributed by atoms with Crippen LogP contribution in [-0.2, 0) is 0 Å². The van der Waals surface area contributed by atoms with Crippen LogP contribution in [0.4, 0.5) is 17.6 Å². The van der Waals surface area contributed by atoms with Crippen molar-refractivity contribution in [1.82, 2.24) is 29.9 Å². The van der Waals surface area contributed by atoms with Crippen LogP contribution in [-0.4, -0.2) is 29.9 Å². The zero-order chi connectivity index (χ0) is 45.3. The number of anilines is 3. The van der Waals surface area contributed by atoms with Gasteiger partial charge in [-0.1, -0.05) is 175 Å². The Morgan fingerprint density at radius 1 is 0.333 bits per heavy atom. The van der Waals surface area contributed by atoms with Crippen molar-refractivity contribution in [2.45, 2.75) is 47.5 Å². The van der Waals surface area contributed by atoms with Crippen LogP contribution in [0.5, 0.6) is 0 Å². The standard InChI is InChI=1S/C59H49N7/c1-37-32-39(3)51(40(4)33-37)53(52-41(5)34-38(2)35-42(52)6)44-28-30-50(31-29-44)66(58-62-54(45-19-10-7-11-20-45)60-55(63-58)46-21-12-8-13-22-46)59-64-56(47-23-14-9-15-24-47)61-57(65-59)49-27-26-43-18-16-17-25-48(43)36-49/h7-36,53H,1-6H3. The monoisotopic (exact) mass is 855 g/mol. The van der Waals surface area contributed by atoms with E-state index in [9.17, 15) is 0 Å². The van der Waals surface area contributed by atoms with Crippen LogP contribution in [0.25, 0.3) is 56.3 Å². The van der Waals surface area contributed by atoms with E-state index in [1.807, 2.05) is 95.9 Å². The average molecular weight is 856 g/mol. The first kappa shape index (κ1) is 41.8. The predicted molar refractivity (Wildman–Crippen MR) is 269 cm³/mol. The molecule has 10 aromatic rings. The summed E-state index contributed by atoms with van der Waals surface area (Å²) < 4.78 is 0. The van der Waals surface area contributed by atoms with E-state index in [1.54, 1.807) is 0 Å². The fraction of sp³-hybridized carbons (Fsp3) is 0.119. The van der Waals surface area contributed by atoms with Gasteiger partial charge in [-0.15, -0.1) is 0 Å². The lowest BCUT2D eigenvalue weighted by Gasteiger charge is -2.28. The third-order valence-electron chi connectivity index (χ3n) is 12.3. The summed E-state index contributed by atoms with van der Waals surface area (Å²) in [4.78, 5) is 33.2. The van der Waals surface area contributed by atoms with Gasteiger partial charge in [0.15, 0.2) is 23.3 Å². The Balaban J connectivity index is 1.22. The lowest BCUT2D eigenvalue weighted by molar-refractivity contribution is 0.917. The molecule has 2 aromatic heterocycles. The molecule has 0 aliphatic heterocycles. The molecule has 0 radical (unpaired) electrons. The highest BCUT2D eigenvalue weighted by atomic mass is 15.4. The Morgan fingerprint density at radius 3 is 1.14 bits per heavy atom. The number of rotatable bonds is 10. The number of aromatic nitrogens is 6. The molecule has 0 amide bonds. The van der Waals surface area contributed by atoms with Crippen molar-refractivity contribution in [3.05, 3.63) is 232 Å². The SMILES string of the molecule is Cc1cc(C)c(C(c2ccc(N(c3nc(-c4ccccc4)nc(-c4ccccc4)n3)c3nc(-c4ccccc4)nc(-c4ccc5ccccc5c4)n3)cc2)c2c(C)cc(C)cc2C)c(C)c1. The van der Waals surface area contributed by atoms with Crippen LogP contribution < -0.4 is 4.90 Å². The minimum atomic E-state index is -0.0124. The van der Waals surface area contributed by atoms with Gasteiger partial charge in [-0.25, -0.2) is 14.9 Å². The molecule has 7 heteroatoms. The molecule has 8 aromatic carbocycles. The van der Waals surface area contributed by atoms with E-state index < -0.39 is 0 Å². The molecule has 0 bridgehead atoms. The van der Waals surface area contributed by atoms with Crippen molar-refractivity contribution in [3.63, 3.8) is 0 Å². The van der Waals surface area contributed by atoms with E-state index in [2.05, 4.69) is 133 Å². The molecule has 0 N–H and O–H groups in total. The molecule has 0 spiro atoms. The van der Waals surface area contributed by atoms with Crippen molar-refractivity contribution >= 4 is 28.4 Å². The minimum absolute atomic E-state index is 0.0124. The van der Waals surface area contributed by atoms with Gasteiger partial charge in [-0.2, -0.15) is 19.9 Å². The molecule has 66 heavy (non-hydrogen) atoms. The van der Waals surface area contributed by atoms with Crippen molar-refractivity contribution in [2.24, 2.45) is 0 Å². The van der Waals surface area contributed by atoms with Gasteiger partial charge in [-0.3, -0.25) is 0 Å². The van der Waals surface area contributed by atoms with Crippen molar-refractivity contribution in [3.8, 4) is 45.6 Å². The van der Waals surface area contributed by atoms with Gasteiger partial charge in [0.25, 0.3) is 0 Å². The molecule has 0 saturated heterocycles. The third kappa shape index (κ3) is 8.35. The van der Waals surface area contributed by atoms with Crippen LogP contribution in [0, 0.1) is 41.5 Å². The molecular formula is C59H49N7. The van der Waals surface area contributed by atoms with E-state index in [0.29, 0.717) is 35.2 Å². The second-order valence-corrected chi connectivity index (χ2v) is 17.2. The fourth-order valence-electron chi connectivity index (χ4n) is 9.44. The Bertz CT molecular complexity index is 3210. The summed E-state index contributed by atoms with van der Waals surface area (Å²) in [5, 5.41) is 2.23. The molecule has 320 valence electrons. The quantitative estimate of drug-likeness (QED) is 0.127. The zero-order valence-corrected chi connectivity index (χ0v) is 38.0. The first-order chi connectivity index (χ1) is 32.2. The first-order valence-corrected chi connectivity index (χ1v) is 22.4. The topological polar surface area (TPSA) is 80.6 Å². The molecule has 2 heterocycles. The summed E-state index contributed by atoms with van der Waals surface area (Å²) in [7, 11) is 0. The first-order valence-electron chi connectivity index (χ1n) is 22.4. The molecule has 7 nitrogen and oxygen atoms in total. The normalized spacial score (nSPS) is 11.3.